The van der Waals surface area contributed by atoms with Crippen molar-refractivity contribution in [3.05, 3.63) is 74.6 Å². The zero-order valence-corrected chi connectivity index (χ0v) is 15.8. The summed E-state index contributed by atoms with van der Waals surface area (Å²) in [5, 5.41) is 3.01. The van der Waals surface area contributed by atoms with E-state index in [4.69, 9.17) is 4.74 Å². The Bertz CT molecular complexity index is 1100. The van der Waals surface area contributed by atoms with Gasteiger partial charge in [-0.1, -0.05) is 30.3 Å². The van der Waals surface area contributed by atoms with Crippen molar-refractivity contribution in [3.63, 3.8) is 0 Å². The van der Waals surface area contributed by atoms with Crippen LogP contribution in [-0.2, 0) is 25.4 Å². The third kappa shape index (κ3) is 4.17. The highest BCUT2D eigenvalue weighted by atomic mass is 16.5. The number of hydrogen-bond acceptors (Lipinski definition) is 5. The molecule has 0 unspecified atom stereocenters. The van der Waals surface area contributed by atoms with E-state index >= 15 is 0 Å². The molecule has 0 spiro atoms. The summed E-state index contributed by atoms with van der Waals surface area (Å²) in [6.45, 7) is 1.50. The molecule has 0 aliphatic carbocycles. The molecule has 3 aromatic rings. The summed E-state index contributed by atoms with van der Waals surface area (Å²) < 4.78 is 7.85. The number of amides is 1. The van der Waals surface area contributed by atoms with Crippen molar-refractivity contribution < 1.29 is 9.53 Å². The van der Waals surface area contributed by atoms with Crippen molar-refractivity contribution in [1.82, 2.24) is 19.4 Å². The van der Waals surface area contributed by atoms with Crippen molar-refractivity contribution >= 4 is 16.9 Å². The number of pyridine rings is 1. The zero-order valence-electron chi connectivity index (χ0n) is 15.8. The van der Waals surface area contributed by atoms with Gasteiger partial charge in [0, 0.05) is 33.4 Å². The third-order valence-corrected chi connectivity index (χ3v) is 4.42. The van der Waals surface area contributed by atoms with Crippen LogP contribution in [0.5, 0.6) is 0 Å². The van der Waals surface area contributed by atoms with Crippen LogP contribution in [0.25, 0.3) is 11.0 Å². The van der Waals surface area contributed by atoms with Crippen LogP contribution in [0, 0.1) is 0 Å². The molecule has 0 saturated carbocycles. The minimum Gasteiger partial charge on any atom is -0.377 e. The number of nitrogens with one attached hydrogen (secondary N) is 1. The highest BCUT2D eigenvalue weighted by Gasteiger charge is 2.13. The van der Waals surface area contributed by atoms with Crippen molar-refractivity contribution in [2.45, 2.75) is 13.0 Å². The molecule has 1 amide bonds. The van der Waals surface area contributed by atoms with Crippen molar-refractivity contribution in [2.24, 2.45) is 14.1 Å². The monoisotopic (exact) mass is 382 g/mol. The number of benzene rings is 1. The lowest BCUT2D eigenvalue weighted by Gasteiger charge is -2.09. The summed E-state index contributed by atoms with van der Waals surface area (Å²) in [5.74, 6) is -0.326. The highest BCUT2D eigenvalue weighted by molar-refractivity contribution is 5.96. The van der Waals surface area contributed by atoms with E-state index in [0.29, 0.717) is 26.2 Å². The van der Waals surface area contributed by atoms with E-state index in [1.54, 1.807) is 0 Å². The van der Waals surface area contributed by atoms with Gasteiger partial charge in [0.25, 0.3) is 11.5 Å². The largest absolute Gasteiger partial charge is 0.377 e. The first-order chi connectivity index (χ1) is 13.5. The molecule has 3 rings (SSSR count). The summed E-state index contributed by atoms with van der Waals surface area (Å²) in [4.78, 5) is 40.7. The standard InChI is InChI=1S/C20H22N4O4/c1-23-17-16(19(26)24(2)20(23)27)11-15(12-22-17)18(25)21-9-6-10-28-13-14-7-4-3-5-8-14/h3-5,7-8,11-12H,6,9-10,13H2,1-2H3,(H,21,25). The maximum Gasteiger partial charge on any atom is 0.332 e. The van der Waals surface area contributed by atoms with Crippen LogP contribution < -0.4 is 16.6 Å². The van der Waals surface area contributed by atoms with Crippen LogP contribution in [0.4, 0.5) is 0 Å². The van der Waals surface area contributed by atoms with Gasteiger partial charge in [0.1, 0.15) is 5.65 Å². The van der Waals surface area contributed by atoms with Crippen molar-refractivity contribution in [1.29, 1.82) is 0 Å². The van der Waals surface area contributed by atoms with Crippen LogP contribution in [0.3, 0.4) is 0 Å². The lowest BCUT2D eigenvalue weighted by atomic mass is 10.2. The van der Waals surface area contributed by atoms with E-state index in [-0.39, 0.29) is 22.5 Å². The Hall–Kier alpha value is -3.26. The van der Waals surface area contributed by atoms with Crippen LogP contribution >= 0.6 is 0 Å². The molecule has 1 N–H and O–H groups in total. The number of aromatic nitrogens is 3. The zero-order chi connectivity index (χ0) is 20.1. The Balaban J connectivity index is 1.56. The summed E-state index contributed by atoms with van der Waals surface area (Å²) >= 11 is 0. The van der Waals surface area contributed by atoms with E-state index in [9.17, 15) is 14.4 Å². The van der Waals surface area contributed by atoms with Gasteiger partial charge >= 0.3 is 5.69 Å². The number of ether oxygens (including phenoxy) is 1. The topological polar surface area (TPSA) is 95.2 Å². The number of hydrogen-bond donors (Lipinski definition) is 1. The lowest BCUT2D eigenvalue weighted by Crippen LogP contribution is -2.37. The molecule has 0 aliphatic rings. The number of rotatable bonds is 7. The second kappa shape index (κ2) is 8.62. The van der Waals surface area contributed by atoms with Crippen LogP contribution in [0.2, 0.25) is 0 Å². The van der Waals surface area contributed by atoms with E-state index in [1.165, 1.54) is 30.9 Å². The van der Waals surface area contributed by atoms with Gasteiger partial charge in [-0.25, -0.2) is 9.78 Å². The molecule has 28 heavy (non-hydrogen) atoms. The minimum atomic E-state index is -0.477. The predicted molar refractivity (Wildman–Crippen MR) is 105 cm³/mol. The second-order valence-electron chi connectivity index (χ2n) is 6.45. The molecule has 2 heterocycles. The molecule has 1 aromatic carbocycles. The molecule has 0 atom stereocenters. The van der Waals surface area contributed by atoms with Gasteiger partial charge in [-0.05, 0) is 18.1 Å². The quantitative estimate of drug-likeness (QED) is 0.615. The molecule has 2 aromatic heterocycles. The Kier molecular flexibility index (Phi) is 6.00. The van der Waals surface area contributed by atoms with Crippen LogP contribution in [-0.4, -0.2) is 33.2 Å². The first-order valence-corrected chi connectivity index (χ1v) is 8.94. The van der Waals surface area contributed by atoms with Crippen molar-refractivity contribution in [3.8, 4) is 0 Å². The average molecular weight is 382 g/mol. The lowest BCUT2D eigenvalue weighted by molar-refractivity contribution is 0.0934. The molecular formula is C20H22N4O4. The molecule has 0 fully saturated rings. The molecule has 0 saturated heterocycles. The average Bonchev–Trinajstić information content (AvgIpc) is 2.73. The van der Waals surface area contributed by atoms with Gasteiger partial charge in [0.2, 0.25) is 0 Å². The number of nitrogens with zero attached hydrogens (tertiary/aromatic N) is 3. The summed E-state index contributed by atoms with van der Waals surface area (Å²) in [6, 6.07) is 11.3. The minimum absolute atomic E-state index is 0.225. The molecule has 8 nitrogen and oxygen atoms in total. The fourth-order valence-corrected chi connectivity index (χ4v) is 2.83. The van der Waals surface area contributed by atoms with E-state index in [1.807, 2.05) is 30.3 Å². The first-order valence-electron chi connectivity index (χ1n) is 8.94. The number of carbonyl (C=O) groups is 1. The number of carbonyl (C=O) groups excluding carboxylic acids is 1. The number of fused-ring (bicyclic) bond motifs is 1. The second-order valence-corrected chi connectivity index (χ2v) is 6.45. The smallest absolute Gasteiger partial charge is 0.332 e. The fourth-order valence-electron chi connectivity index (χ4n) is 2.83. The fraction of sp³-hybridized carbons (Fsp3) is 0.300. The van der Waals surface area contributed by atoms with Crippen molar-refractivity contribution in [2.75, 3.05) is 13.2 Å². The molecule has 0 aliphatic heterocycles. The maximum absolute atomic E-state index is 12.3. The molecule has 8 heteroatoms. The van der Waals surface area contributed by atoms with Gasteiger partial charge in [0.05, 0.1) is 17.6 Å². The molecule has 146 valence electrons. The third-order valence-electron chi connectivity index (χ3n) is 4.42. The van der Waals surface area contributed by atoms with Gasteiger partial charge in [-0.3, -0.25) is 18.7 Å². The Morgan fingerprint density at radius 1 is 1.14 bits per heavy atom. The SMILES string of the molecule is Cn1c(=O)c2cc(C(=O)NCCCOCc3ccccc3)cnc2n(C)c1=O. The predicted octanol–water partition coefficient (Wildman–Crippen LogP) is 0.969. The van der Waals surface area contributed by atoms with Gasteiger partial charge in [-0.15, -0.1) is 0 Å². The van der Waals surface area contributed by atoms with Gasteiger partial charge in [-0.2, -0.15) is 0 Å². The Morgan fingerprint density at radius 2 is 1.89 bits per heavy atom. The Morgan fingerprint density at radius 3 is 2.64 bits per heavy atom. The maximum atomic E-state index is 12.3. The normalized spacial score (nSPS) is 10.9. The van der Waals surface area contributed by atoms with Crippen LogP contribution in [0.1, 0.15) is 22.3 Å². The molecule has 0 bridgehead atoms. The highest BCUT2D eigenvalue weighted by Crippen LogP contribution is 2.07. The Labute approximate surface area is 161 Å². The van der Waals surface area contributed by atoms with Crippen LogP contribution in [0.15, 0.2) is 52.2 Å². The number of aryl methyl sites for hydroxylation is 1. The molecular weight excluding hydrogens is 360 g/mol. The van der Waals surface area contributed by atoms with E-state index in [0.717, 1.165) is 10.1 Å². The first kappa shape index (κ1) is 19.5. The van der Waals surface area contributed by atoms with Gasteiger partial charge < -0.3 is 10.1 Å². The van der Waals surface area contributed by atoms with E-state index < -0.39 is 11.2 Å². The summed E-state index contributed by atoms with van der Waals surface area (Å²) in [6.07, 6.45) is 2.03. The summed E-state index contributed by atoms with van der Waals surface area (Å²) in [5.41, 5.74) is 0.685. The van der Waals surface area contributed by atoms with Gasteiger partial charge in [0.15, 0.2) is 0 Å². The summed E-state index contributed by atoms with van der Waals surface area (Å²) in [7, 11) is 2.93. The van der Waals surface area contributed by atoms with E-state index in [2.05, 4.69) is 10.3 Å². The molecule has 0 radical (unpaired) electrons.